The average Bonchev–Trinajstić information content (AvgIpc) is 2.88. The predicted molar refractivity (Wildman–Crippen MR) is 132 cm³/mol. The molecule has 0 saturated carbocycles. The Balaban J connectivity index is 2.16. The minimum Gasteiger partial charge on any atom is -0.496 e. The second kappa shape index (κ2) is 11.2. The molecule has 33 heavy (non-hydrogen) atoms. The zero-order valence-electron chi connectivity index (χ0n) is 19.3. The molecule has 0 aliphatic heterocycles. The predicted octanol–water partition coefficient (Wildman–Crippen LogP) is 6.84. The first kappa shape index (κ1) is 23.9. The number of methoxy groups -OCH3 is 2. The molecule has 0 spiro atoms. The summed E-state index contributed by atoms with van der Waals surface area (Å²) >= 11 is 0. The number of nitriles is 2. The Bertz CT molecular complexity index is 1100. The standard InChI is InChI=1S/C29H30N2O2/c1-4-19-29(20-30,21-31)26-14-8-6-12-24(26)23(25-13-7-10-16-28(25)33-3)18-17-22-11-5-9-15-27(22)32-2/h4-5,7,9-11,13-18,23-24H,1,6,8,12,19H2,2-3H3/b18-17+. The van der Waals surface area contributed by atoms with Crippen molar-refractivity contribution in [3.05, 3.63) is 90.0 Å². The molecule has 0 heterocycles. The molecule has 0 fully saturated rings. The quantitative estimate of drug-likeness (QED) is 0.402. The molecule has 168 valence electrons. The van der Waals surface area contributed by atoms with E-state index >= 15 is 0 Å². The number of allylic oxidation sites excluding steroid dienone is 4. The number of para-hydroxylation sites is 2. The monoisotopic (exact) mass is 438 g/mol. The normalized spacial score (nSPS) is 16.8. The molecule has 1 aliphatic rings. The SMILES string of the molecule is C=CCC(C#N)(C#N)C1=CCCCC1C(/C=C/c1ccccc1OC)c1ccccc1OC. The summed E-state index contributed by atoms with van der Waals surface area (Å²) in [5, 5.41) is 20.2. The van der Waals surface area contributed by atoms with Crippen LogP contribution in [0.3, 0.4) is 0 Å². The molecule has 1 aliphatic carbocycles. The van der Waals surface area contributed by atoms with Crippen molar-refractivity contribution in [1.29, 1.82) is 10.5 Å². The summed E-state index contributed by atoms with van der Waals surface area (Å²) in [5.74, 6) is 1.49. The van der Waals surface area contributed by atoms with Gasteiger partial charge in [0.1, 0.15) is 11.5 Å². The van der Waals surface area contributed by atoms with E-state index in [1.54, 1.807) is 20.3 Å². The van der Waals surface area contributed by atoms with Crippen LogP contribution in [0.1, 0.15) is 42.7 Å². The summed E-state index contributed by atoms with van der Waals surface area (Å²) in [4.78, 5) is 0. The van der Waals surface area contributed by atoms with Gasteiger partial charge in [0, 0.05) is 23.5 Å². The Hall–Kier alpha value is -3.76. The Morgan fingerprint density at radius 3 is 2.39 bits per heavy atom. The topological polar surface area (TPSA) is 66.0 Å². The van der Waals surface area contributed by atoms with E-state index in [9.17, 15) is 10.5 Å². The van der Waals surface area contributed by atoms with Crippen LogP contribution in [0.25, 0.3) is 6.08 Å². The van der Waals surface area contributed by atoms with Crippen LogP contribution in [-0.4, -0.2) is 14.2 Å². The van der Waals surface area contributed by atoms with Crippen molar-refractivity contribution in [2.75, 3.05) is 14.2 Å². The highest BCUT2D eigenvalue weighted by Gasteiger charge is 2.41. The van der Waals surface area contributed by atoms with Crippen LogP contribution < -0.4 is 9.47 Å². The molecule has 4 nitrogen and oxygen atoms in total. The highest BCUT2D eigenvalue weighted by molar-refractivity contribution is 5.59. The number of ether oxygens (including phenoxy) is 2. The maximum Gasteiger partial charge on any atom is 0.168 e. The molecular formula is C29H30N2O2. The molecule has 4 heteroatoms. The van der Waals surface area contributed by atoms with Gasteiger partial charge in [-0.2, -0.15) is 10.5 Å². The van der Waals surface area contributed by atoms with Gasteiger partial charge in [0.25, 0.3) is 0 Å². The van der Waals surface area contributed by atoms with Gasteiger partial charge in [0.2, 0.25) is 0 Å². The summed E-state index contributed by atoms with van der Waals surface area (Å²) < 4.78 is 11.2. The van der Waals surface area contributed by atoms with Crippen LogP contribution in [0.4, 0.5) is 0 Å². The Labute approximate surface area is 197 Å². The van der Waals surface area contributed by atoms with Crippen LogP contribution >= 0.6 is 0 Å². The molecule has 0 N–H and O–H groups in total. The van der Waals surface area contributed by atoms with Crippen molar-refractivity contribution >= 4 is 6.08 Å². The van der Waals surface area contributed by atoms with Crippen molar-refractivity contribution in [2.45, 2.75) is 31.6 Å². The minimum absolute atomic E-state index is 0.0137. The third-order valence-electron chi connectivity index (χ3n) is 6.36. The second-order valence-electron chi connectivity index (χ2n) is 8.19. The molecular weight excluding hydrogens is 408 g/mol. The van der Waals surface area contributed by atoms with Gasteiger partial charge in [-0.1, -0.05) is 60.7 Å². The largest absolute Gasteiger partial charge is 0.496 e. The average molecular weight is 439 g/mol. The van der Waals surface area contributed by atoms with Crippen molar-refractivity contribution in [3.63, 3.8) is 0 Å². The Kier molecular flexibility index (Phi) is 8.11. The molecule has 2 aromatic carbocycles. The van der Waals surface area contributed by atoms with Gasteiger partial charge in [-0.25, -0.2) is 0 Å². The molecule has 3 rings (SSSR count). The van der Waals surface area contributed by atoms with Crippen LogP contribution in [0.2, 0.25) is 0 Å². The molecule has 0 aromatic heterocycles. The smallest absolute Gasteiger partial charge is 0.168 e. The lowest BCUT2D eigenvalue weighted by Crippen LogP contribution is -2.29. The van der Waals surface area contributed by atoms with Gasteiger partial charge >= 0.3 is 0 Å². The minimum atomic E-state index is -1.22. The van der Waals surface area contributed by atoms with Crippen LogP contribution in [0.5, 0.6) is 11.5 Å². The number of nitrogens with zero attached hydrogens (tertiary/aromatic N) is 2. The van der Waals surface area contributed by atoms with Gasteiger partial charge < -0.3 is 9.47 Å². The summed E-state index contributed by atoms with van der Waals surface area (Å²) in [5.41, 5.74) is 1.68. The van der Waals surface area contributed by atoms with Crippen molar-refractivity contribution in [2.24, 2.45) is 11.3 Å². The van der Waals surface area contributed by atoms with E-state index in [0.717, 1.165) is 47.5 Å². The third-order valence-corrected chi connectivity index (χ3v) is 6.36. The lowest BCUT2D eigenvalue weighted by atomic mass is 9.65. The lowest BCUT2D eigenvalue weighted by molar-refractivity contribution is 0.380. The van der Waals surface area contributed by atoms with Crippen LogP contribution in [0.15, 0.2) is 78.9 Å². The van der Waals surface area contributed by atoms with Crippen molar-refractivity contribution in [1.82, 2.24) is 0 Å². The number of benzene rings is 2. The zero-order valence-corrected chi connectivity index (χ0v) is 19.3. The highest BCUT2D eigenvalue weighted by atomic mass is 16.5. The number of rotatable bonds is 9. The van der Waals surface area contributed by atoms with Gasteiger partial charge in [0.05, 0.1) is 26.4 Å². The van der Waals surface area contributed by atoms with Crippen molar-refractivity contribution in [3.8, 4) is 23.6 Å². The third kappa shape index (κ3) is 5.02. The van der Waals surface area contributed by atoms with E-state index in [-0.39, 0.29) is 11.8 Å². The van der Waals surface area contributed by atoms with Crippen molar-refractivity contribution < 1.29 is 9.47 Å². The number of hydrogen-bond acceptors (Lipinski definition) is 4. The van der Waals surface area contributed by atoms with E-state index in [2.05, 4.69) is 43.0 Å². The van der Waals surface area contributed by atoms with Gasteiger partial charge in [-0.3, -0.25) is 0 Å². The van der Waals surface area contributed by atoms with E-state index in [4.69, 9.17) is 9.47 Å². The summed E-state index contributed by atoms with van der Waals surface area (Å²) in [6, 6.07) is 20.5. The maximum absolute atomic E-state index is 10.1. The van der Waals surface area contributed by atoms with Crippen LogP contribution in [0, 0.1) is 34.0 Å². The molecule has 2 aromatic rings. The molecule has 2 atom stereocenters. The summed E-state index contributed by atoms with van der Waals surface area (Å²) in [6.07, 6.45) is 11.0. The fraction of sp³-hybridized carbons (Fsp3) is 0.310. The second-order valence-corrected chi connectivity index (χ2v) is 8.19. The van der Waals surface area contributed by atoms with Gasteiger partial charge in [0.15, 0.2) is 5.41 Å². The van der Waals surface area contributed by atoms with Crippen LogP contribution in [-0.2, 0) is 0 Å². The van der Waals surface area contributed by atoms with E-state index in [0.29, 0.717) is 6.42 Å². The summed E-state index contributed by atoms with van der Waals surface area (Å²) in [7, 11) is 3.33. The molecule has 2 unspecified atom stereocenters. The van der Waals surface area contributed by atoms with Gasteiger partial charge in [-0.05, 0) is 42.9 Å². The number of hydrogen-bond donors (Lipinski definition) is 0. The van der Waals surface area contributed by atoms with E-state index in [1.807, 2.05) is 42.5 Å². The first-order chi connectivity index (χ1) is 16.1. The highest BCUT2D eigenvalue weighted by Crippen LogP contribution is 2.48. The van der Waals surface area contributed by atoms with E-state index in [1.165, 1.54) is 0 Å². The Morgan fingerprint density at radius 2 is 1.73 bits per heavy atom. The molecule has 0 bridgehead atoms. The summed E-state index contributed by atoms with van der Waals surface area (Å²) in [6.45, 7) is 3.81. The molecule has 0 saturated heterocycles. The fourth-order valence-corrected chi connectivity index (χ4v) is 4.75. The first-order valence-corrected chi connectivity index (χ1v) is 11.2. The molecule has 0 amide bonds. The van der Waals surface area contributed by atoms with Gasteiger partial charge in [-0.15, -0.1) is 6.58 Å². The first-order valence-electron chi connectivity index (χ1n) is 11.2. The molecule has 0 radical (unpaired) electrons. The fourth-order valence-electron chi connectivity index (χ4n) is 4.75. The lowest BCUT2D eigenvalue weighted by Gasteiger charge is -2.36. The van der Waals surface area contributed by atoms with E-state index < -0.39 is 5.41 Å². The zero-order chi connectivity index (χ0) is 23.7. The Morgan fingerprint density at radius 1 is 1.06 bits per heavy atom. The maximum atomic E-state index is 10.1.